The lowest BCUT2D eigenvalue weighted by atomic mass is 10.1. The zero-order valence-corrected chi connectivity index (χ0v) is 16.4. The number of fused-ring (bicyclic) bond motifs is 1. The van der Waals surface area contributed by atoms with Gasteiger partial charge in [-0.2, -0.15) is 0 Å². The van der Waals surface area contributed by atoms with Gasteiger partial charge in [-0.25, -0.2) is 9.97 Å². The first-order valence-electron chi connectivity index (χ1n) is 8.99. The van der Waals surface area contributed by atoms with Crippen LogP contribution in [0.4, 0.5) is 5.69 Å². The summed E-state index contributed by atoms with van der Waals surface area (Å²) < 4.78 is 0. The number of benzene rings is 2. The highest BCUT2D eigenvalue weighted by molar-refractivity contribution is 5.98. The monoisotopic (exact) mass is 377 g/mol. The van der Waals surface area contributed by atoms with E-state index in [0.717, 1.165) is 33.7 Å². The van der Waals surface area contributed by atoms with Crippen LogP contribution in [0.15, 0.2) is 36.4 Å². The smallest absolute Gasteiger partial charge is 0.269 e. The first kappa shape index (κ1) is 19.3. The first-order valence-corrected chi connectivity index (χ1v) is 8.99. The lowest BCUT2D eigenvalue weighted by Crippen LogP contribution is -2.44. The van der Waals surface area contributed by atoms with Crippen molar-refractivity contribution in [1.82, 2.24) is 20.8 Å². The third-order valence-electron chi connectivity index (χ3n) is 4.47. The van der Waals surface area contributed by atoms with Gasteiger partial charge in [0.05, 0.1) is 29.0 Å². The van der Waals surface area contributed by atoms with Gasteiger partial charge in [-0.05, 0) is 57.5 Å². The second-order valence-electron chi connectivity index (χ2n) is 6.77. The summed E-state index contributed by atoms with van der Waals surface area (Å²) in [6, 6.07) is 11.0. The summed E-state index contributed by atoms with van der Waals surface area (Å²) >= 11 is 0. The van der Waals surface area contributed by atoms with E-state index in [1.165, 1.54) is 0 Å². The van der Waals surface area contributed by atoms with E-state index in [2.05, 4.69) is 26.1 Å². The molecule has 3 rings (SSSR count). The number of aromatic nitrogens is 2. The van der Waals surface area contributed by atoms with Crippen molar-refractivity contribution in [1.29, 1.82) is 0 Å². The molecule has 144 valence electrons. The van der Waals surface area contributed by atoms with Gasteiger partial charge in [-0.1, -0.05) is 17.7 Å². The second-order valence-corrected chi connectivity index (χ2v) is 6.77. The van der Waals surface area contributed by atoms with Crippen LogP contribution in [0.1, 0.15) is 32.9 Å². The highest BCUT2D eigenvalue weighted by atomic mass is 16.2. The maximum Gasteiger partial charge on any atom is 0.269 e. The van der Waals surface area contributed by atoms with Crippen molar-refractivity contribution < 1.29 is 9.59 Å². The molecule has 0 unspecified atom stereocenters. The minimum atomic E-state index is -0.415. The number of carbonyl (C=O) groups excluding carboxylic acids is 2. The molecular formula is C21H23N5O2. The number of carbonyl (C=O) groups is 2. The van der Waals surface area contributed by atoms with Crippen molar-refractivity contribution in [3.8, 4) is 0 Å². The van der Waals surface area contributed by atoms with Crippen LogP contribution in [-0.2, 0) is 4.79 Å². The van der Waals surface area contributed by atoms with Crippen molar-refractivity contribution in [2.75, 3.05) is 11.9 Å². The Hall–Kier alpha value is -3.48. The number of hydrazine groups is 1. The summed E-state index contributed by atoms with van der Waals surface area (Å²) in [6.07, 6.45) is 0. The molecule has 0 saturated carbocycles. The molecule has 0 aliphatic carbocycles. The minimum Gasteiger partial charge on any atom is -0.376 e. The zero-order valence-electron chi connectivity index (χ0n) is 16.4. The van der Waals surface area contributed by atoms with Gasteiger partial charge in [0, 0.05) is 11.3 Å². The summed E-state index contributed by atoms with van der Waals surface area (Å²) in [5.74, 6) is -0.762. The van der Waals surface area contributed by atoms with Crippen molar-refractivity contribution in [2.45, 2.75) is 27.7 Å². The van der Waals surface area contributed by atoms with Gasteiger partial charge in [-0.15, -0.1) is 0 Å². The molecule has 0 saturated heterocycles. The number of nitrogens with zero attached hydrogens (tertiary/aromatic N) is 2. The van der Waals surface area contributed by atoms with Gasteiger partial charge >= 0.3 is 0 Å². The van der Waals surface area contributed by atoms with E-state index < -0.39 is 5.91 Å². The lowest BCUT2D eigenvalue weighted by Gasteiger charge is -2.11. The topological polar surface area (TPSA) is 96.0 Å². The molecule has 3 N–H and O–H groups in total. The number of anilines is 1. The summed E-state index contributed by atoms with van der Waals surface area (Å²) in [7, 11) is 0. The molecule has 1 aromatic heterocycles. The summed E-state index contributed by atoms with van der Waals surface area (Å²) in [5.41, 5.74) is 11.4. The number of hydrogen-bond acceptors (Lipinski definition) is 5. The minimum absolute atomic E-state index is 0.0475. The van der Waals surface area contributed by atoms with Gasteiger partial charge in [0.2, 0.25) is 0 Å². The summed E-state index contributed by atoms with van der Waals surface area (Å²) in [6.45, 7) is 7.80. The fourth-order valence-electron chi connectivity index (χ4n) is 2.80. The van der Waals surface area contributed by atoms with Crippen LogP contribution < -0.4 is 16.2 Å². The fourth-order valence-corrected chi connectivity index (χ4v) is 2.80. The molecule has 0 radical (unpaired) electrons. The third kappa shape index (κ3) is 4.43. The Labute approximate surface area is 163 Å². The van der Waals surface area contributed by atoms with Crippen LogP contribution in [0.3, 0.4) is 0 Å². The number of hydrogen-bond donors (Lipinski definition) is 3. The molecule has 0 bridgehead atoms. The maximum atomic E-state index is 12.3. The number of amides is 2. The van der Waals surface area contributed by atoms with Crippen LogP contribution >= 0.6 is 0 Å². The normalized spacial score (nSPS) is 10.6. The van der Waals surface area contributed by atoms with Crippen LogP contribution in [0.5, 0.6) is 0 Å². The van der Waals surface area contributed by atoms with E-state index in [1.807, 2.05) is 45.9 Å². The molecule has 0 atom stereocenters. The average Bonchev–Trinajstić information content (AvgIpc) is 2.66. The largest absolute Gasteiger partial charge is 0.376 e. The second kappa shape index (κ2) is 8.04. The van der Waals surface area contributed by atoms with Crippen molar-refractivity contribution in [3.63, 3.8) is 0 Å². The molecule has 3 aromatic rings. The molecule has 0 spiro atoms. The standard InChI is InChI=1S/C21H23N5O2/c1-12-5-7-17(13(2)9-12)22-11-20(27)25-26-21(28)16-6-8-18-19(10-16)24-15(4)14(3)23-18/h5-10,22H,11H2,1-4H3,(H,25,27)(H,26,28). The maximum absolute atomic E-state index is 12.3. The summed E-state index contributed by atoms with van der Waals surface area (Å²) in [5, 5.41) is 3.06. The summed E-state index contributed by atoms with van der Waals surface area (Å²) in [4.78, 5) is 33.2. The van der Waals surface area contributed by atoms with E-state index >= 15 is 0 Å². The lowest BCUT2D eigenvalue weighted by molar-refractivity contribution is -0.120. The molecule has 1 heterocycles. The van der Waals surface area contributed by atoms with Gasteiger partial charge in [0.15, 0.2) is 0 Å². The average molecular weight is 377 g/mol. The van der Waals surface area contributed by atoms with Gasteiger partial charge in [0.25, 0.3) is 11.8 Å². The Morgan fingerprint density at radius 3 is 2.29 bits per heavy atom. The van der Waals surface area contributed by atoms with Crippen LogP contribution in [0.25, 0.3) is 11.0 Å². The third-order valence-corrected chi connectivity index (χ3v) is 4.47. The predicted octanol–water partition coefficient (Wildman–Crippen LogP) is 2.74. The number of nitrogens with one attached hydrogen (secondary N) is 3. The van der Waals surface area contributed by atoms with E-state index in [-0.39, 0.29) is 12.5 Å². The molecule has 0 fully saturated rings. The molecule has 28 heavy (non-hydrogen) atoms. The molecular weight excluding hydrogens is 354 g/mol. The van der Waals surface area contributed by atoms with Crippen LogP contribution in [0.2, 0.25) is 0 Å². The van der Waals surface area contributed by atoms with Crippen molar-refractivity contribution >= 4 is 28.5 Å². The van der Waals surface area contributed by atoms with Gasteiger partial charge < -0.3 is 5.32 Å². The Morgan fingerprint density at radius 1 is 0.857 bits per heavy atom. The molecule has 7 heteroatoms. The van der Waals surface area contributed by atoms with Crippen LogP contribution in [0, 0.1) is 27.7 Å². The molecule has 2 amide bonds. The molecule has 0 aliphatic heterocycles. The Balaban J connectivity index is 1.58. The van der Waals surface area contributed by atoms with Crippen molar-refractivity contribution in [3.05, 3.63) is 64.5 Å². The Bertz CT molecular complexity index is 1060. The van der Waals surface area contributed by atoms with E-state index in [0.29, 0.717) is 11.1 Å². The van der Waals surface area contributed by atoms with Crippen molar-refractivity contribution in [2.24, 2.45) is 0 Å². The number of rotatable bonds is 4. The highest BCUT2D eigenvalue weighted by Gasteiger charge is 2.10. The van der Waals surface area contributed by atoms with Gasteiger partial charge in [0.1, 0.15) is 0 Å². The SMILES string of the molecule is Cc1ccc(NCC(=O)NNC(=O)c2ccc3nc(C)c(C)nc3c2)c(C)c1. The van der Waals surface area contributed by atoms with E-state index in [1.54, 1.807) is 18.2 Å². The molecule has 0 aliphatic rings. The molecule has 7 nitrogen and oxygen atoms in total. The Kier molecular flexibility index (Phi) is 5.54. The fraction of sp³-hybridized carbons (Fsp3) is 0.238. The van der Waals surface area contributed by atoms with Crippen LogP contribution in [-0.4, -0.2) is 28.3 Å². The quantitative estimate of drug-likeness (QED) is 0.608. The predicted molar refractivity (Wildman–Crippen MR) is 109 cm³/mol. The first-order chi connectivity index (χ1) is 13.3. The van der Waals surface area contributed by atoms with Gasteiger partial charge in [-0.3, -0.25) is 20.4 Å². The van der Waals surface area contributed by atoms with E-state index in [4.69, 9.17) is 0 Å². The number of aryl methyl sites for hydroxylation is 4. The molecule has 2 aromatic carbocycles. The van der Waals surface area contributed by atoms with E-state index in [9.17, 15) is 9.59 Å². The highest BCUT2D eigenvalue weighted by Crippen LogP contribution is 2.16. The zero-order chi connectivity index (χ0) is 20.3. The Morgan fingerprint density at radius 2 is 1.57 bits per heavy atom.